The zero-order chi connectivity index (χ0) is 14.5. The maximum absolute atomic E-state index is 12.0. The van der Waals surface area contributed by atoms with Gasteiger partial charge in [0.1, 0.15) is 0 Å². The number of carbonyl (C=O) groups excluding carboxylic acids is 2. The Morgan fingerprint density at radius 3 is 2.80 bits per heavy atom. The third-order valence-electron chi connectivity index (χ3n) is 4.39. The molecule has 1 saturated heterocycles. The van der Waals surface area contributed by atoms with E-state index in [2.05, 4.69) is 5.32 Å². The first-order valence-electron chi connectivity index (χ1n) is 7.83. The van der Waals surface area contributed by atoms with Gasteiger partial charge in [-0.05, 0) is 32.6 Å². The van der Waals surface area contributed by atoms with Gasteiger partial charge >= 0.3 is 0 Å². The molecule has 1 aliphatic carbocycles. The number of nitrogens with zero attached hydrogens (tertiary/aromatic N) is 1. The molecule has 2 amide bonds. The Morgan fingerprint density at radius 2 is 2.15 bits per heavy atom. The fraction of sp³-hybridized carbons (Fsp3) is 0.867. The number of rotatable bonds is 6. The van der Waals surface area contributed by atoms with Crippen LogP contribution in [0.3, 0.4) is 0 Å². The molecule has 0 bridgehead atoms. The van der Waals surface area contributed by atoms with Crippen molar-refractivity contribution in [1.29, 1.82) is 0 Å². The minimum atomic E-state index is -0.321. The summed E-state index contributed by atoms with van der Waals surface area (Å²) in [5.74, 6) is -0.0554. The highest BCUT2D eigenvalue weighted by Gasteiger charge is 2.38. The number of hydrogen-bond acceptors (Lipinski definition) is 3. The summed E-state index contributed by atoms with van der Waals surface area (Å²) in [6.45, 7) is 2.92. The predicted molar refractivity (Wildman–Crippen MR) is 76.0 cm³/mol. The van der Waals surface area contributed by atoms with E-state index in [9.17, 15) is 9.59 Å². The van der Waals surface area contributed by atoms with Gasteiger partial charge in [0, 0.05) is 25.6 Å². The molecule has 2 unspecified atom stereocenters. The first-order chi connectivity index (χ1) is 9.58. The fourth-order valence-electron chi connectivity index (χ4n) is 3.23. The van der Waals surface area contributed by atoms with E-state index in [4.69, 9.17) is 5.11 Å². The molecule has 2 rings (SSSR count). The van der Waals surface area contributed by atoms with Crippen molar-refractivity contribution in [2.45, 2.75) is 64.0 Å². The lowest BCUT2D eigenvalue weighted by Crippen LogP contribution is -2.37. The third-order valence-corrected chi connectivity index (χ3v) is 4.39. The van der Waals surface area contributed by atoms with Crippen LogP contribution in [0.15, 0.2) is 0 Å². The molecule has 1 saturated carbocycles. The summed E-state index contributed by atoms with van der Waals surface area (Å²) in [6.07, 6.45) is 6.09. The van der Waals surface area contributed by atoms with Gasteiger partial charge in [-0.1, -0.05) is 12.8 Å². The maximum atomic E-state index is 12.0. The van der Waals surface area contributed by atoms with Crippen LogP contribution in [0.1, 0.15) is 51.9 Å². The monoisotopic (exact) mass is 282 g/mol. The van der Waals surface area contributed by atoms with Gasteiger partial charge in [0.25, 0.3) is 0 Å². The molecule has 2 fully saturated rings. The van der Waals surface area contributed by atoms with Crippen LogP contribution < -0.4 is 5.32 Å². The molecule has 5 nitrogen and oxygen atoms in total. The summed E-state index contributed by atoms with van der Waals surface area (Å²) in [7, 11) is 0. The topological polar surface area (TPSA) is 69.6 Å². The van der Waals surface area contributed by atoms with Crippen LogP contribution in [-0.2, 0) is 9.59 Å². The van der Waals surface area contributed by atoms with E-state index < -0.39 is 0 Å². The average molecular weight is 282 g/mol. The third kappa shape index (κ3) is 3.95. The Kier molecular flexibility index (Phi) is 5.40. The highest BCUT2D eigenvalue weighted by atomic mass is 16.3. The lowest BCUT2D eigenvalue weighted by Gasteiger charge is -2.23. The first-order valence-corrected chi connectivity index (χ1v) is 7.83. The molecule has 0 aromatic rings. The highest BCUT2D eigenvalue weighted by Crippen LogP contribution is 2.29. The summed E-state index contributed by atoms with van der Waals surface area (Å²) in [5.41, 5.74) is 0. The Bertz CT molecular complexity index is 351. The van der Waals surface area contributed by atoms with Crippen LogP contribution in [0.4, 0.5) is 0 Å². The van der Waals surface area contributed by atoms with Gasteiger partial charge in [0.15, 0.2) is 0 Å². The summed E-state index contributed by atoms with van der Waals surface area (Å²) < 4.78 is 0. The van der Waals surface area contributed by atoms with Crippen molar-refractivity contribution in [3.63, 3.8) is 0 Å². The number of nitrogens with one attached hydrogen (secondary N) is 1. The molecular weight excluding hydrogens is 256 g/mol. The number of carbonyl (C=O) groups is 2. The molecule has 20 heavy (non-hydrogen) atoms. The molecule has 0 aromatic heterocycles. The van der Waals surface area contributed by atoms with E-state index in [-0.39, 0.29) is 23.8 Å². The number of amides is 2. The number of hydrogen-bond donors (Lipinski definition) is 2. The van der Waals surface area contributed by atoms with E-state index in [1.54, 1.807) is 6.92 Å². The van der Waals surface area contributed by atoms with Crippen molar-refractivity contribution in [1.82, 2.24) is 10.2 Å². The zero-order valence-corrected chi connectivity index (χ0v) is 12.3. The van der Waals surface area contributed by atoms with Gasteiger partial charge in [-0.3, -0.25) is 9.59 Å². The second-order valence-corrected chi connectivity index (χ2v) is 6.17. The van der Waals surface area contributed by atoms with E-state index >= 15 is 0 Å². The number of likely N-dealkylation sites (tertiary alicyclic amines) is 1. The minimum Gasteiger partial charge on any atom is -0.393 e. The van der Waals surface area contributed by atoms with Crippen LogP contribution >= 0.6 is 0 Å². The highest BCUT2D eigenvalue weighted by molar-refractivity contribution is 5.89. The Morgan fingerprint density at radius 1 is 1.45 bits per heavy atom. The van der Waals surface area contributed by atoms with Crippen molar-refractivity contribution in [2.24, 2.45) is 5.92 Å². The van der Waals surface area contributed by atoms with Gasteiger partial charge in [0.05, 0.1) is 12.0 Å². The zero-order valence-electron chi connectivity index (χ0n) is 12.3. The van der Waals surface area contributed by atoms with Crippen molar-refractivity contribution in [3.8, 4) is 0 Å². The quantitative estimate of drug-likeness (QED) is 0.716. The van der Waals surface area contributed by atoms with Crippen molar-refractivity contribution in [3.05, 3.63) is 0 Å². The summed E-state index contributed by atoms with van der Waals surface area (Å²) >= 11 is 0. The molecule has 5 heteroatoms. The van der Waals surface area contributed by atoms with Gasteiger partial charge in [0.2, 0.25) is 11.8 Å². The van der Waals surface area contributed by atoms with Gasteiger partial charge in [-0.2, -0.15) is 0 Å². The van der Waals surface area contributed by atoms with Gasteiger partial charge < -0.3 is 15.3 Å². The molecule has 0 aromatic carbocycles. The van der Waals surface area contributed by atoms with Crippen LogP contribution in [0.2, 0.25) is 0 Å². The molecule has 2 N–H and O–H groups in total. The Balaban J connectivity index is 1.73. The molecule has 0 spiro atoms. The lowest BCUT2D eigenvalue weighted by atomic mass is 10.1. The summed E-state index contributed by atoms with van der Waals surface area (Å²) in [5, 5.41) is 12.0. The van der Waals surface area contributed by atoms with E-state index in [1.807, 2.05) is 4.90 Å². The minimum absolute atomic E-state index is 0.00978. The van der Waals surface area contributed by atoms with E-state index in [0.29, 0.717) is 32.0 Å². The molecule has 1 heterocycles. The SMILES string of the molecule is CC(O)CCCNC(=O)C1CC(=O)N(C2CCCC2)C1. The molecule has 114 valence electrons. The Hall–Kier alpha value is -1.10. The van der Waals surface area contributed by atoms with Crippen LogP contribution in [-0.4, -0.2) is 47.1 Å². The van der Waals surface area contributed by atoms with E-state index in [0.717, 1.165) is 19.3 Å². The molecule has 0 radical (unpaired) electrons. The maximum Gasteiger partial charge on any atom is 0.225 e. The van der Waals surface area contributed by atoms with Crippen LogP contribution in [0, 0.1) is 5.92 Å². The van der Waals surface area contributed by atoms with Crippen molar-refractivity contribution in [2.75, 3.05) is 13.1 Å². The van der Waals surface area contributed by atoms with Gasteiger partial charge in [-0.15, -0.1) is 0 Å². The van der Waals surface area contributed by atoms with Gasteiger partial charge in [-0.25, -0.2) is 0 Å². The van der Waals surface area contributed by atoms with E-state index in [1.165, 1.54) is 12.8 Å². The molecule has 2 aliphatic rings. The summed E-state index contributed by atoms with van der Waals surface area (Å²) in [4.78, 5) is 26.0. The molecule has 2 atom stereocenters. The second-order valence-electron chi connectivity index (χ2n) is 6.17. The Labute approximate surface area is 120 Å². The normalized spacial score (nSPS) is 25.2. The van der Waals surface area contributed by atoms with Crippen LogP contribution in [0.25, 0.3) is 0 Å². The number of aliphatic hydroxyl groups excluding tert-OH is 1. The molecular formula is C15H26N2O3. The first kappa shape index (κ1) is 15.3. The average Bonchev–Trinajstić information content (AvgIpc) is 3.02. The van der Waals surface area contributed by atoms with Crippen molar-refractivity contribution >= 4 is 11.8 Å². The lowest BCUT2D eigenvalue weighted by molar-refractivity contribution is -0.130. The van der Waals surface area contributed by atoms with Crippen molar-refractivity contribution < 1.29 is 14.7 Å². The smallest absolute Gasteiger partial charge is 0.225 e. The summed E-state index contributed by atoms with van der Waals surface area (Å²) in [6, 6.07) is 0.371. The fourth-order valence-corrected chi connectivity index (χ4v) is 3.23. The number of aliphatic hydroxyl groups is 1. The van der Waals surface area contributed by atoms with Crippen LogP contribution in [0.5, 0.6) is 0 Å². The largest absolute Gasteiger partial charge is 0.393 e. The molecule has 1 aliphatic heterocycles. The second kappa shape index (κ2) is 7.07. The predicted octanol–water partition coefficient (Wildman–Crippen LogP) is 1.05. The standard InChI is InChI=1S/C15H26N2O3/c1-11(18)5-4-8-16-15(20)12-9-14(19)17(10-12)13-6-2-3-7-13/h11-13,18H,2-10H2,1H3,(H,16,20).